The van der Waals surface area contributed by atoms with Crippen molar-refractivity contribution in [2.24, 2.45) is 0 Å². The summed E-state index contributed by atoms with van der Waals surface area (Å²) >= 11 is 0. The van der Waals surface area contributed by atoms with E-state index in [-0.39, 0.29) is 11.4 Å². The Morgan fingerprint density at radius 1 is 1.24 bits per heavy atom. The van der Waals surface area contributed by atoms with Crippen LogP contribution in [0.25, 0.3) is 11.5 Å². The maximum Gasteiger partial charge on any atom is 0.226 e. The predicted octanol–water partition coefficient (Wildman–Crippen LogP) is 3.50. The van der Waals surface area contributed by atoms with E-state index < -0.39 is 0 Å². The van der Waals surface area contributed by atoms with Crippen molar-refractivity contribution in [2.75, 3.05) is 0 Å². The van der Waals surface area contributed by atoms with Crippen molar-refractivity contribution >= 4 is 5.91 Å². The summed E-state index contributed by atoms with van der Waals surface area (Å²) in [5.41, 5.74) is 1.59. The second kappa shape index (κ2) is 6.12. The third-order valence-electron chi connectivity index (χ3n) is 3.02. The number of carbonyl (C=O) groups is 1. The lowest BCUT2D eigenvalue weighted by Gasteiger charge is -2.20. The lowest BCUT2D eigenvalue weighted by atomic mass is 10.1. The van der Waals surface area contributed by atoms with Gasteiger partial charge in [0.2, 0.25) is 11.8 Å². The van der Waals surface area contributed by atoms with Crippen molar-refractivity contribution in [1.82, 2.24) is 10.3 Å². The average molecular weight is 286 g/mol. The summed E-state index contributed by atoms with van der Waals surface area (Å²) in [6.07, 6.45) is 1.00. The van der Waals surface area contributed by atoms with E-state index in [1.54, 1.807) is 0 Å². The Balaban J connectivity index is 2.02. The molecule has 4 heteroatoms. The third-order valence-corrected chi connectivity index (χ3v) is 3.02. The van der Waals surface area contributed by atoms with Crippen LogP contribution in [0.1, 0.15) is 38.6 Å². The Labute approximate surface area is 125 Å². The zero-order chi connectivity index (χ0) is 15.5. The first-order chi connectivity index (χ1) is 9.85. The van der Waals surface area contributed by atoms with Gasteiger partial charge in [0.05, 0.1) is 5.69 Å². The molecule has 0 spiro atoms. The summed E-state index contributed by atoms with van der Waals surface area (Å²) in [6.45, 7) is 7.80. The summed E-state index contributed by atoms with van der Waals surface area (Å²) in [6, 6.07) is 9.77. The number of hydrogen-bond donors (Lipinski definition) is 1. The van der Waals surface area contributed by atoms with Crippen LogP contribution >= 0.6 is 0 Å². The van der Waals surface area contributed by atoms with E-state index in [0.29, 0.717) is 18.7 Å². The van der Waals surface area contributed by atoms with Gasteiger partial charge < -0.3 is 9.73 Å². The van der Waals surface area contributed by atoms with Crippen molar-refractivity contribution in [1.29, 1.82) is 0 Å². The van der Waals surface area contributed by atoms with Gasteiger partial charge in [0, 0.05) is 23.9 Å². The number of rotatable bonds is 4. The summed E-state index contributed by atoms with van der Waals surface area (Å²) in [4.78, 5) is 16.4. The Kier molecular flexibility index (Phi) is 4.46. The van der Waals surface area contributed by atoms with Gasteiger partial charge in [-0.3, -0.25) is 4.79 Å². The van der Waals surface area contributed by atoms with Gasteiger partial charge in [0.15, 0.2) is 0 Å². The van der Waals surface area contributed by atoms with E-state index in [4.69, 9.17) is 4.42 Å². The monoisotopic (exact) mass is 286 g/mol. The van der Waals surface area contributed by atoms with Crippen LogP contribution in [0.4, 0.5) is 0 Å². The first kappa shape index (κ1) is 15.3. The van der Waals surface area contributed by atoms with Gasteiger partial charge in [0.1, 0.15) is 5.76 Å². The number of nitrogens with zero attached hydrogens (tertiary/aromatic N) is 1. The minimum absolute atomic E-state index is 0.0335. The second-order valence-electron chi connectivity index (χ2n) is 6.19. The fraction of sp³-hybridized carbons (Fsp3) is 0.412. The molecule has 4 nitrogen and oxygen atoms in total. The molecule has 2 rings (SSSR count). The quantitative estimate of drug-likeness (QED) is 0.936. The predicted molar refractivity (Wildman–Crippen MR) is 82.9 cm³/mol. The average Bonchev–Trinajstić information content (AvgIpc) is 2.77. The van der Waals surface area contributed by atoms with Crippen molar-refractivity contribution in [3.05, 3.63) is 41.8 Å². The Hall–Kier alpha value is -2.10. The van der Waals surface area contributed by atoms with Crippen molar-refractivity contribution < 1.29 is 9.21 Å². The lowest BCUT2D eigenvalue weighted by molar-refractivity contribution is -0.122. The smallest absolute Gasteiger partial charge is 0.226 e. The molecule has 1 aromatic heterocycles. The molecule has 0 aliphatic rings. The number of hydrogen-bond acceptors (Lipinski definition) is 3. The Morgan fingerprint density at radius 2 is 1.90 bits per heavy atom. The molecule has 0 radical (unpaired) electrons. The molecule has 2 aromatic rings. The zero-order valence-electron chi connectivity index (χ0n) is 13.1. The molecule has 0 atom stereocenters. The highest BCUT2D eigenvalue weighted by Gasteiger charge is 2.16. The maximum absolute atomic E-state index is 11.9. The lowest BCUT2D eigenvalue weighted by Crippen LogP contribution is -2.40. The standard InChI is InChI=1S/C17H22N2O2/c1-12-14(10-11-15(20)19-17(2,3)4)18-16(21-12)13-8-6-5-7-9-13/h5-9H,10-11H2,1-4H3,(H,19,20). The van der Waals surface area contributed by atoms with Crippen LogP contribution in [0, 0.1) is 6.92 Å². The van der Waals surface area contributed by atoms with Gasteiger partial charge in [0.25, 0.3) is 0 Å². The summed E-state index contributed by atoms with van der Waals surface area (Å²) in [5.74, 6) is 1.42. The van der Waals surface area contributed by atoms with E-state index in [2.05, 4.69) is 10.3 Å². The number of carbonyl (C=O) groups excluding carboxylic acids is 1. The molecular weight excluding hydrogens is 264 g/mol. The van der Waals surface area contributed by atoms with Gasteiger partial charge in [-0.05, 0) is 39.8 Å². The van der Waals surface area contributed by atoms with E-state index >= 15 is 0 Å². The molecule has 0 aliphatic heterocycles. The fourth-order valence-corrected chi connectivity index (χ4v) is 2.08. The molecule has 1 amide bonds. The molecule has 1 heterocycles. The van der Waals surface area contributed by atoms with E-state index in [1.807, 2.05) is 58.0 Å². The van der Waals surface area contributed by atoms with E-state index in [0.717, 1.165) is 17.0 Å². The minimum Gasteiger partial charge on any atom is -0.441 e. The van der Waals surface area contributed by atoms with Gasteiger partial charge in [-0.25, -0.2) is 4.98 Å². The van der Waals surface area contributed by atoms with Crippen molar-refractivity contribution in [2.45, 2.75) is 46.1 Å². The normalized spacial score (nSPS) is 11.4. The fourth-order valence-electron chi connectivity index (χ4n) is 2.08. The van der Waals surface area contributed by atoms with Crippen LogP contribution in [0.3, 0.4) is 0 Å². The highest BCUT2D eigenvalue weighted by Crippen LogP contribution is 2.22. The van der Waals surface area contributed by atoms with Crippen LogP contribution in [0.15, 0.2) is 34.7 Å². The number of amides is 1. The van der Waals surface area contributed by atoms with Gasteiger partial charge in [-0.2, -0.15) is 0 Å². The minimum atomic E-state index is -0.203. The molecule has 112 valence electrons. The van der Waals surface area contributed by atoms with Crippen molar-refractivity contribution in [3.63, 3.8) is 0 Å². The molecule has 0 fully saturated rings. The highest BCUT2D eigenvalue weighted by molar-refractivity contribution is 5.76. The van der Waals surface area contributed by atoms with Crippen LogP contribution in [0.5, 0.6) is 0 Å². The topological polar surface area (TPSA) is 55.1 Å². The molecule has 1 aromatic carbocycles. The third kappa shape index (κ3) is 4.45. The molecular formula is C17H22N2O2. The zero-order valence-corrected chi connectivity index (χ0v) is 13.1. The number of nitrogens with one attached hydrogen (secondary N) is 1. The summed E-state index contributed by atoms with van der Waals surface area (Å²) < 4.78 is 5.69. The van der Waals surface area contributed by atoms with Gasteiger partial charge in [-0.15, -0.1) is 0 Å². The van der Waals surface area contributed by atoms with Gasteiger partial charge >= 0.3 is 0 Å². The first-order valence-electron chi connectivity index (χ1n) is 7.18. The van der Waals surface area contributed by atoms with Crippen LogP contribution in [-0.2, 0) is 11.2 Å². The second-order valence-corrected chi connectivity index (χ2v) is 6.19. The van der Waals surface area contributed by atoms with E-state index in [1.165, 1.54) is 0 Å². The maximum atomic E-state index is 11.9. The van der Waals surface area contributed by atoms with Crippen molar-refractivity contribution in [3.8, 4) is 11.5 Å². The molecule has 0 bridgehead atoms. The van der Waals surface area contributed by atoms with Crippen LogP contribution in [0.2, 0.25) is 0 Å². The molecule has 21 heavy (non-hydrogen) atoms. The molecule has 0 saturated carbocycles. The molecule has 0 saturated heterocycles. The molecule has 0 unspecified atom stereocenters. The number of benzene rings is 1. The Bertz CT molecular complexity index is 609. The van der Waals surface area contributed by atoms with Gasteiger partial charge in [-0.1, -0.05) is 18.2 Å². The Morgan fingerprint density at radius 3 is 2.52 bits per heavy atom. The largest absolute Gasteiger partial charge is 0.441 e. The first-order valence-corrected chi connectivity index (χ1v) is 7.18. The number of aromatic nitrogens is 1. The molecule has 1 N–H and O–H groups in total. The summed E-state index contributed by atoms with van der Waals surface area (Å²) in [7, 11) is 0. The van der Waals surface area contributed by atoms with E-state index in [9.17, 15) is 4.79 Å². The molecule has 0 aliphatic carbocycles. The number of oxazole rings is 1. The van der Waals surface area contributed by atoms with Crippen LogP contribution in [-0.4, -0.2) is 16.4 Å². The highest BCUT2D eigenvalue weighted by atomic mass is 16.4. The number of aryl methyl sites for hydroxylation is 2. The SMILES string of the molecule is Cc1oc(-c2ccccc2)nc1CCC(=O)NC(C)(C)C. The summed E-state index contributed by atoms with van der Waals surface area (Å²) in [5, 5.41) is 2.95. The van der Waals surface area contributed by atoms with Crippen LogP contribution < -0.4 is 5.32 Å².